The largest absolute Gasteiger partial charge is 0.396 e. The molecule has 154 valence electrons. The van der Waals surface area contributed by atoms with Gasteiger partial charge in [-0.15, -0.1) is 0 Å². The lowest BCUT2D eigenvalue weighted by atomic mass is 9.62. The smallest absolute Gasteiger partial charge is 0.0745 e. The highest BCUT2D eigenvalue weighted by molar-refractivity contribution is 6.81. The molecule has 2 nitrogen and oxygen atoms in total. The van der Waals surface area contributed by atoms with Crippen LogP contribution in [0.2, 0.25) is 18.6 Å². The first-order chi connectivity index (χ1) is 12.4. The molecule has 1 aromatic rings. The Morgan fingerprint density at radius 2 is 1.70 bits per heavy atom. The Morgan fingerprint density at radius 3 is 2.26 bits per heavy atom. The summed E-state index contributed by atoms with van der Waals surface area (Å²) < 4.78 is 0. The van der Waals surface area contributed by atoms with Crippen LogP contribution in [0.3, 0.4) is 0 Å². The van der Waals surface area contributed by atoms with Crippen molar-refractivity contribution in [1.29, 1.82) is 0 Å². The molecule has 1 aromatic carbocycles. The van der Waals surface area contributed by atoms with Gasteiger partial charge in [-0.25, -0.2) is 0 Å². The van der Waals surface area contributed by atoms with Crippen molar-refractivity contribution in [1.82, 2.24) is 0 Å². The maximum absolute atomic E-state index is 11.9. The molecular weight excluding hydrogens is 348 g/mol. The molecule has 0 aliphatic heterocycles. The molecule has 27 heavy (non-hydrogen) atoms. The molecule has 3 atom stereocenters. The van der Waals surface area contributed by atoms with Crippen molar-refractivity contribution in [2.45, 2.75) is 96.0 Å². The average Bonchev–Trinajstić information content (AvgIpc) is 2.62. The van der Waals surface area contributed by atoms with Gasteiger partial charge in [0.05, 0.1) is 13.7 Å². The van der Waals surface area contributed by atoms with Crippen LogP contribution in [-0.2, 0) is 5.04 Å². The molecule has 1 aliphatic rings. The fraction of sp³-hybridized carbons (Fsp3) is 0.750. The second-order valence-electron chi connectivity index (χ2n) is 10.6. The summed E-state index contributed by atoms with van der Waals surface area (Å²) in [6.07, 6.45) is 5.47. The van der Waals surface area contributed by atoms with Crippen LogP contribution in [-0.4, -0.2) is 30.5 Å². The molecule has 0 radical (unpaired) electrons. The maximum atomic E-state index is 11.9. The predicted molar refractivity (Wildman–Crippen MR) is 119 cm³/mol. The number of hydrogen-bond donors (Lipinski definition) is 2. The minimum atomic E-state index is -1.85. The molecule has 2 N–H and O–H groups in total. The highest BCUT2D eigenvalue weighted by Crippen LogP contribution is 2.58. The highest BCUT2D eigenvalue weighted by Gasteiger charge is 2.58. The van der Waals surface area contributed by atoms with Gasteiger partial charge in [-0.3, -0.25) is 0 Å². The molecule has 1 aliphatic carbocycles. The van der Waals surface area contributed by atoms with Gasteiger partial charge in [0, 0.05) is 12.5 Å². The number of aliphatic hydroxyl groups excluding tert-OH is 1. The Hall–Kier alpha value is -0.643. The van der Waals surface area contributed by atoms with Crippen molar-refractivity contribution in [3.63, 3.8) is 0 Å². The van der Waals surface area contributed by atoms with E-state index in [2.05, 4.69) is 71.1 Å². The van der Waals surface area contributed by atoms with Gasteiger partial charge in [-0.2, -0.15) is 0 Å². The third-order valence-corrected chi connectivity index (χ3v) is 14.9. The summed E-state index contributed by atoms with van der Waals surface area (Å²) in [5, 5.41) is 21.9. The van der Waals surface area contributed by atoms with Gasteiger partial charge in [-0.05, 0) is 28.0 Å². The second kappa shape index (κ2) is 8.00. The van der Waals surface area contributed by atoms with Crippen molar-refractivity contribution in [2.24, 2.45) is 11.3 Å². The molecule has 1 fully saturated rings. The Morgan fingerprint density at radius 1 is 1.11 bits per heavy atom. The molecule has 3 heteroatoms. The van der Waals surface area contributed by atoms with Crippen molar-refractivity contribution < 1.29 is 10.2 Å². The zero-order valence-electron chi connectivity index (χ0n) is 18.7. The number of hydrogen-bond acceptors (Lipinski definition) is 2. The van der Waals surface area contributed by atoms with Crippen LogP contribution < -0.4 is 0 Å². The van der Waals surface area contributed by atoms with E-state index in [1.807, 2.05) is 6.92 Å². The van der Waals surface area contributed by atoms with E-state index in [1.165, 1.54) is 24.8 Å². The van der Waals surface area contributed by atoms with E-state index in [4.69, 9.17) is 0 Å². The summed E-state index contributed by atoms with van der Waals surface area (Å²) in [5.74, 6) is -0.0993. The van der Waals surface area contributed by atoms with Crippen LogP contribution >= 0.6 is 0 Å². The molecule has 0 saturated heterocycles. The van der Waals surface area contributed by atoms with E-state index in [-0.39, 0.29) is 23.0 Å². The van der Waals surface area contributed by atoms with Crippen LogP contribution in [0.5, 0.6) is 0 Å². The predicted octanol–water partition coefficient (Wildman–Crippen LogP) is 5.93. The first-order valence-corrected chi connectivity index (χ1v) is 13.9. The zero-order valence-corrected chi connectivity index (χ0v) is 19.7. The van der Waals surface area contributed by atoms with Gasteiger partial charge in [0.15, 0.2) is 0 Å². The Kier molecular flexibility index (Phi) is 6.71. The van der Waals surface area contributed by atoms with E-state index in [0.29, 0.717) is 5.54 Å². The van der Waals surface area contributed by atoms with E-state index >= 15 is 0 Å². The summed E-state index contributed by atoms with van der Waals surface area (Å²) in [5.41, 5.74) is 0.860. The highest BCUT2D eigenvalue weighted by atomic mass is 28.3. The standard InChI is InChI=1S/C24H42O2Si/c1-19(18-25)24(26)17-13-9-12-16-21(22(24,2)3)27(6,7)23(4,5)20-14-10-8-11-15-20/h8,10-11,14-15,19,21,25-26H,9,12-13,16-18H2,1-7H3/t19-,21+,24+/m0/s1. The second-order valence-corrected chi connectivity index (χ2v) is 16.0. The van der Waals surface area contributed by atoms with Gasteiger partial charge < -0.3 is 10.2 Å². The van der Waals surface area contributed by atoms with Crippen molar-refractivity contribution in [3.05, 3.63) is 35.9 Å². The lowest BCUT2D eigenvalue weighted by Gasteiger charge is -2.59. The first kappa shape index (κ1) is 22.6. The molecule has 0 bridgehead atoms. The zero-order chi connectivity index (χ0) is 20.5. The average molecular weight is 391 g/mol. The van der Waals surface area contributed by atoms with Gasteiger partial charge in [0.1, 0.15) is 0 Å². The topological polar surface area (TPSA) is 40.5 Å². The minimum Gasteiger partial charge on any atom is -0.396 e. The third kappa shape index (κ3) is 3.80. The molecule has 0 heterocycles. The fourth-order valence-corrected chi connectivity index (χ4v) is 10.6. The van der Waals surface area contributed by atoms with E-state index in [9.17, 15) is 10.2 Å². The SMILES string of the molecule is C[C@@H](CO)[C@]1(O)CCCCC[C@@H]([Si](C)(C)C(C)(C)c2ccccc2)C1(C)C. The Balaban J connectivity index is 2.54. The summed E-state index contributed by atoms with van der Waals surface area (Å²) in [6, 6.07) is 10.9. The molecule has 1 saturated carbocycles. The lowest BCUT2D eigenvalue weighted by molar-refractivity contribution is -0.133. The molecule has 0 aromatic heterocycles. The van der Waals surface area contributed by atoms with Gasteiger partial charge in [-0.1, -0.05) is 104 Å². The Labute approximate surface area is 168 Å². The maximum Gasteiger partial charge on any atom is 0.0745 e. The van der Waals surface area contributed by atoms with E-state index < -0.39 is 13.7 Å². The quantitative estimate of drug-likeness (QED) is 0.612. The van der Waals surface area contributed by atoms with Crippen molar-refractivity contribution in [3.8, 4) is 0 Å². The normalized spacial score (nSPS) is 28.3. The van der Waals surface area contributed by atoms with Gasteiger partial charge >= 0.3 is 0 Å². The van der Waals surface area contributed by atoms with Crippen LogP contribution in [0.15, 0.2) is 30.3 Å². The van der Waals surface area contributed by atoms with Gasteiger partial charge in [0.2, 0.25) is 0 Å². The number of aliphatic hydroxyl groups is 2. The monoisotopic (exact) mass is 390 g/mol. The summed E-state index contributed by atoms with van der Waals surface area (Å²) in [4.78, 5) is 0. The van der Waals surface area contributed by atoms with E-state index in [1.54, 1.807) is 0 Å². The van der Waals surface area contributed by atoms with Crippen LogP contribution in [0.25, 0.3) is 0 Å². The lowest BCUT2D eigenvalue weighted by Crippen LogP contribution is -2.62. The number of benzene rings is 1. The number of rotatable bonds is 5. The summed E-state index contributed by atoms with van der Waals surface area (Å²) in [6.45, 7) is 16.5. The summed E-state index contributed by atoms with van der Waals surface area (Å²) in [7, 11) is -1.85. The molecule has 0 spiro atoms. The van der Waals surface area contributed by atoms with Crippen molar-refractivity contribution >= 4 is 8.07 Å². The first-order valence-electron chi connectivity index (χ1n) is 10.8. The van der Waals surface area contributed by atoms with E-state index in [0.717, 1.165) is 12.8 Å². The molecule has 0 amide bonds. The van der Waals surface area contributed by atoms with Crippen LogP contribution in [0.4, 0.5) is 0 Å². The third-order valence-electron chi connectivity index (χ3n) is 8.60. The van der Waals surface area contributed by atoms with Crippen LogP contribution in [0.1, 0.15) is 72.3 Å². The van der Waals surface area contributed by atoms with Gasteiger partial charge in [0.25, 0.3) is 0 Å². The van der Waals surface area contributed by atoms with Crippen molar-refractivity contribution in [2.75, 3.05) is 6.61 Å². The molecular formula is C24H42O2Si. The molecule has 2 rings (SSSR count). The minimum absolute atomic E-state index is 0.0523. The Bertz CT molecular complexity index is 608. The van der Waals surface area contributed by atoms with Crippen LogP contribution in [0, 0.1) is 11.3 Å². The fourth-order valence-electron chi connectivity index (χ4n) is 5.86. The molecule has 0 unspecified atom stereocenters. The summed E-state index contributed by atoms with van der Waals surface area (Å²) >= 11 is 0.